The highest BCUT2D eigenvalue weighted by Crippen LogP contribution is 2.12. The Kier molecular flexibility index (Phi) is 2.26. The fraction of sp³-hybridized carbons (Fsp3) is 0.375. The summed E-state index contributed by atoms with van der Waals surface area (Å²) < 4.78 is 4.91. The van der Waals surface area contributed by atoms with E-state index < -0.39 is 0 Å². The molecule has 10 heavy (non-hydrogen) atoms. The van der Waals surface area contributed by atoms with Crippen LogP contribution in [0, 0.1) is 0 Å². The molecule has 0 saturated heterocycles. The van der Waals surface area contributed by atoms with Crippen molar-refractivity contribution in [1.29, 1.82) is 0 Å². The molecule has 0 saturated carbocycles. The Balaban J connectivity index is 2.47. The third-order valence-electron chi connectivity index (χ3n) is 1.40. The minimum Gasteiger partial charge on any atom is -0.500 e. The topological polar surface area (TPSA) is 26.3 Å². The lowest BCUT2D eigenvalue weighted by molar-refractivity contribution is -0.114. The quantitative estimate of drug-likeness (QED) is 0.551. The van der Waals surface area contributed by atoms with Gasteiger partial charge in [-0.05, 0) is 0 Å². The molecule has 2 nitrogen and oxygen atoms in total. The molecule has 1 heterocycles. The molecule has 1 aliphatic heterocycles. The summed E-state index contributed by atoms with van der Waals surface area (Å²) in [6.07, 6.45) is 4.34. The predicted molar refractivity (Wildman–Crippen MR) is 38.5 cm³/mol. The highest BCUT2D eigenvalue weighted by Gasteiger charge is 2.11. The summed E-state index contributed by atoms with van der Waals surface area (Å²) in [6, 6.07) is 0. The van der Waals surface area contributed by atoms with Gasteiger partial charge < -0.3 is 4.74 Å². The number of ether oxygens (including phenoxy) is 1. The van der Waals surface area contributed by atoms with Gasteiger partial charge in [0, 0.05) is 18.4 Å². The van der Waals surface area contributed by atoms with Gasteiger partial charge in [-0.2, -0.15) is 0 Å². The van der Waals surface area contributed by atoms with E-state index in [1.807, 2.05) is 0 Å². The van der Waals surface area contributed by atoms with E-state index in [-0.39, 0.29) is 5.78 Å². The largest absolute Gasteiger partial charge is 0.500 e. The minimum absolute atomic E-state index is 0.132. The summed E-state index contributed by atoms with van der Waals surface area (Å²) in [5.41, 5.74) is 0.792. The molecule has 0 amide bonds. The van der Waals surface area contributed by atoms with Crippen molar-refractivity contribution in [3.8, 4) is 0 Å². The molecule has 0 unspecified atom stereocenters. The van der Waals surface area contributed by atoms with Crippen molar-refractivity contribution < 1.29 is 9.53 Å². The lowest BCUT2D eigenvalue weighted by Gasteiger charge is -1.91. The zero-order valence-electron chi connectivity index (χ0n) is 5.80. The molecule has 0 aromatic carbocycles. The number of ketones is 1. The smallest absolute Gasteiger partial charge is 0.165 e. The first-order chi connectivity index (χ1) is 4.84. The van der Waals surface area contributed by atoms with Gasteiger partial charge in [-0.1, -0.05) is 6.08 Å². The van der Waals surface area contributed by atoms with E-state index in [9.17, 15) is 4.79 Å². The van der Waals surface area contributed by atoms with Crippen molar-refractivity contribution in [2.24, 2.45) is 0 Å². The van der Waals surface area contributed by atoms with E-state index in [1.54, 1.807) is 12.3 Å². The standard InChI is InChI=1S/C8H10O2/c1-2-3-8(9)7-4-5-10-6-7/h2,6H,1,3-5H2. The molecule has 0 atom stereocenters. The van der Waals surface area contributed by atoms with Gasteiger partial charge in [-0.3, -0.25) is 4.79 Å². The molecule has 0 spiro atoms. The van der Waals surface area contributed by atoms with Crippen LogP contribution in [0.15, 0.2) is 24.5 Å². The Morgan fingerprint density at radius 1 is 1.90 bits per heavy atom. The van der Waals surface area contributed by atoms with Crippen LogP contribution in [0.5, 0.6) is 0 Å². The van der Waals surface area contributed by atoms with E-state index in [2.05, 4.69) is 6.58 Å². The fourth-order valence-electron chi connectivity index (χ4n) is 0.855. The van der Waals surface area contributed by atoms with Gasteiger partial charge in [0.2, 0.25) is 0 Å². The van der Waals surface area contributed by atoms with Crippen LogP contribution in [-0.4, -0.2) is 12.4 Å². The second-order valence-corrected chi connectivity index (χ2v) is 2.18. The van der Waals surface area contributed by atoms with Crippen molar-refractivity contribution in [3.05, 3.63) is 24.5 Å². The molecular formula is C8H10O2. The van der Waals surface area contributed by atoms with Gasteiger partial charge in [-0.25, -0.2) is 0 Å². The van der Waals surface area contributed by atoms with Crippen LogP contribution in [0.25, 0.3) is 0 Å². The number of hydrogen-bond acceptors (Lipinski definition) is 2. The zero-order valence-corrected chi connectivity index (χ0v) is 5.80. The number of rotatable bonds is 3. The Morgan fingerprint density at radius 3 is 3.20 bits per heavy atom. The number of Topliss-reactive ketones (excluding diaryl/α,β-unsaturated/α-hetero) is 1. The predicted octanol–water partition coefficient (Wildman–Crippen LogP) is 1.44. The van der Waals surface area contributed by atoms with Crippen LogP contribution in [-0.2, 0) is 9.53 Å². The Hall–Kier alpha value is -1.05. The van der Waals surface area contributed by atoms with Gasteiger partial charge in [-0.15, -0.1) is 6.58 Å². The molecule has 0 aliphatic carbocycles. The third-order valence-corrected chi connectivity index (χ3v) is 1.40. The highest BCUT2D eigenvalue weighted by atomic mass is 16.5. The van der Waals surface area contributed by atoms with E-state index >= 15 is 0 Å². The number of hydrogen-bond donors (Lipinski definition) is 0. The maximum atomic E-state index is 11.0. The molecule has 2 heteroatoms. The van der Waals surface area contributed by atoms with E-state index in [0.29, 0.717) is 13.0 Å². The average Bonchev–Trinajstić information content (AvgIpc) is 2.38. The lowest BCUT2D eigenvalue weighted by Crippen LogP contribution is -1.98. The molecule has 0 aromatic rings. The maximum absolute atomic E-state index is 11.0. The second-order valence-electron chi connectivity index (χ2n) is 2.18. The summed E-state index contributed by atoms with van der Waals surface area (Å²) in [7, 11) is 0. The Labute approximate surface area is 60.2 Å². The minimum atomic E-state index is 0.132. The van der Waals surface area contributed by atoms with E-state index in [4.69, 9.17) is 4.74 Å². The van der Waals surface area contributed by atoms with E-state index in [0.717, 1.165) is 12.0 Å². The number of carbonyl (C=O) groups is 1. The van der Waals surface area contributed by atoms with Crippen molar-refractivity contribution in [2.45, 2.75) is 12.8 Å². The van der Waals surface area contributed by atoms with Gasteiger partial charge >= 0.3 is 0 Å². The van der Waals surface area contributed by atoms with Crippen LogP contribution < -0.4 is 0 Å². The first-order valence-corrected chi connectivity index (χ1v) is 3.29. The van der Waals surface area contributed by atoms with Crippen molar-refractivity contribution in [1.82, 2.24) is 0 Å². The Bertz CT molecular complexity index is 180. The lowest BCUT2D eigenvalue weighted by atomic mass is 10.1. The summed E-state index contributed by atoms with van der Waals surface area (Å²) in [4.78, 5) is 11.0. The van der Waals surface area contributed by atoms with Crippen molar-refractivity contribution in [3.63, 3.8) is 0 Å². The van der Waals surface area contributed by atoms with Gasteiger partial charge in [0.05, 0.1) is 12.9 Å². The molecule has 0 aromatic heterocycles. The van der Waals surface area contributed by atoms with Crippen molar-refractivity contribution in [2.75, 3.05) is 6.61 Å². The van der Waals surface area contributed by atoms with Crippen LogP contribution in [0.2, 0.25) is 0 Å². The normalized spacial score (nSPS) is 15.8. The average molecular weight is 138 g/mol. The highest BCUT2D eigenvalue weighted by molar-refractivity contribution is 5.96. The summed E-state index contributed by atoms with van der Waals surface area (Å²) >= 11 is 0. The van der Waals surface area contributed by atoms with Crippen LogP contribution in [0.4, 0.5) is 0 Å². The van der Waals surface area contributed by atoms with E-state index in [1.165, 1.54) is 0 Å². The van der Waals surface area contributed by atoms with Crippen LogP contribution in [0.1, 0.15) is 12.8 Å². The van der Waals surface area contributed by atoms with Crippen LogP contribution in [0.3, 0.4) is 0 Å². The molecule has 0 fully saturated rings. The fourth-order valence-corrected chi connectivity index (χ4v) is 0.855. The van der Waals surface area contributed by atoms with Gasteiger partial charge in [0.15, 0.2) is 5.78 Å². The molecule has 1 rings (SSSR count). The van der Waals surface area contributed by atoms with Gasteiger partial charge in [0.25, 0.3) is 0 Å². The zero-order chi connectivity index (χ0) is 7.40. The maximum Gasteiger partial charge on any atom is 0.165 e. The van der Waals surface area contributed by atoms with Crippen molar-refractivity contribution >= 4 is 5.78 Å². The SMILES string of the molecule is C=CCC(=O)C1=COCC1. The molecule has 1 aliphatic rings. The molecule has 0 bridgehead atoms. The second kappa shape index (κ2) is 3.20. The molecule has 54 valence electrons. The van der Waals surface area contributed by atoms with Gasteiger partial charge in [0.1, 0.15) is 0 Å². The summed E-state index contributed by atoms with van der Waals surface area (Å²) in [5.74, 6) is 0.132. The van der Waals surface area contributed by atoms with Crippen LogP contribution >= 0.6 is 0 Å². The number of carbonyl (C=O) groups excluding carboxylic acids is 1. The molecule has 0 N–H and O–H groups in total. The Morgan fingerprint density at radius 2 is 2.70 bits per heavy atom. The summed E-state index contributed by atoms with van der Waals surface area (Å²) in [5, 5.41) is 0. The number of allylic oxidation sites excluding steroid dienone is 1. The third kappa shape index (κ3) is 1.47. The summed E-state index contributed by atoms with van der Waals surface area (Å²) in [6.45, 7) is 4.13. The first-order valence-electron chi connectivity index (χ1n) is 3.29. The first kappa shape index (κ1) is 7.06. The molecular weight excluding hydrogens is 128 g/mol. The molecule has 0 radical (unpaired) electrons. The monoisotopic (exact) mass is 138 g/mol.